The van der Waals surface area contributed by atoms with Crippen molar-refractivity contribution in [2.75, 3.05) is 0 Å². The molecule has 0 atom stereocenters. The van der Waals surface area contributed by atoms with E-state index in [9.17, 15) is 0 Å². The zero-order valence-corrected chi connectivity index (χ0v) is 9.22. The van der Waals surface area contributed by atoms with Crippen LogP contribution in [0.2, 0.25) is 0 Å². The first-order chi connectivity index (χ1) is 6.13. The molecule has 0 aliphatic rings. The van der Waals surface area contributed by atoms with E-state index in [0.29, 0.717) is 5.92 Å². The lowest BCUT2D eigenvalue weighted by Gasteiger charge is -2.09. The van der Waals surface area contributed by atoms with Crippen molar-refractivity contribution in [3.8, 4) is 0 Å². The highest BCUT2D eigenvalue weighted by Gasteiger charge is 2.01. The van der Waals surface area contributed by atoms with E-state index >= 15 is 0 Å². The molecular weight excluding hydrogens is 168 g/mol. The van der Waals surface area contributed by atoms with Gasteiger partial charge in [-0.1, -0.05) is 58.4 Å². The minimum atomic E-state index is 0. The molecule has 14 heavy (non-hydrogen) atoms. The summed E-state index contributed by atoms with van der Waals surface area (Å²) < 4.78 is 0. The molecule has 0 spiro atoms. The summed E-state index contributed by atoms with van der Waals surface area (Å²) in [5.41, 5.74) is 4.37. The van der Waals surface area contributed by atoms with Crippen molar-refractivity contribution in [2.24, 2.45) is 0 Å². The molecular formula is C14H24. The van der Waals surface area contributed by atoms with Crippen molar-refractivity contribution in [1.29, 1.82) is 0 Å². The summed E-state index contributed by atoms with van der Waals surface area (Å²) in [5, 5.41) is 0. The number of hydrogen-bond acceptors (Lipinski definition) is 0. The monoisotopic (exact) mass is 192 g/mol. The first-order valence-electron chi connectivity index (χ1n) is 5.24. The standard InChI is InChI=1S/C13H20.CH4/c1-5-6-12-7-11(4)8-13(9-12)10(2)3;/h7-10H,5-6H2,1-4H3;1H4. The van der Waals surface area contributed by atoms with Gasteiger partial charge in [0.15, 0.2) is 0 Å². The number of aryl methyl sites for hydroxylation is 2. The van der Waals surface area contributed by atoms with Crippen LogP contribution in [0.3, 0.4) is 0 Å². The second-order valence-corrected chi connectivity index (χ2v) is 4.16. The van der Waals surface area contributed by atoms with Crippen LogP contribution in [0.1, 0.15) is 57.2 Å². The highest BCUT2D eigenvalue weighted by atomic mass is 14.1. The Morgan fingerprint density at radius 3 is 2.29 bits per heavy atom. The largest absolute Gasteiger partial charge is 0.0776 e. The summed E-state index contributed by atoms with van der Waals surface area (Å²) in [7, 11) is 0. The highest BCUT2D eigenvalue weighted by Crippen LogP contribution is 2.18. The van der Waals surface area contributed by atoms with Crippen molar-refractivity contribution in [3.05, 3.63) is 34.9 Å². The van der Waals surface area contributed by atoms with Gasteiger partial charge < -0.3 is 0 Å². The van der Waals surface area contributed by atoms with E-state index in [4.69, 9.17) is 0 Å². The molecule has 0 unspecified atom stereocenters. The van der Waals surface area contributed by atoms with Crippen LogP contribution in [0.5, 0.6) is 0 Å². The van der Waals surface area contributed by atoms with E-state index in [1.165, 1.54) is 29.5 Å². The van der Waals surface area contributed by atoms with Gasteiger partial charge in [0, 0.05) is 0 Å². The van der Waals surface area contributed by atoms with E-state index in [2.05, 4.69) is 45.9 Å². The summed E-state index contributed by atoms with van der Waals surface area (Å²) in [4.78, 5) is 0. The van der Waals surface area contributed by atoms with Crippen molar-refractivity contribution in [3.63, 3.8) is 0 Å². The Morgan fingerprint density at radius 1 is 1.14 bits per heavy atom. The maximum atomic E-state index is 2.35. The average molecular weight is 192 g/mol. The summed E-state index contributed by atoms with van der Waals surface area (Å²) in [5.74, 6) is 0.649. The van der Waals surface area contributed by atoms with Crippen molar-refractivity contribution >= 4 is 0 Å². The Bertz CT molecular complexity index is 271. The van der Waals surface area contributed by atoms with Gasteiger partial charge in [-0.25, -0.2) is 0 Å². The van der Waals surface area contributed by atoms with E-state index in [1.54, 1.807) is 0 Å². The van der Waals surface area contributed by atoms with Gasteiger partial charge in [0.1, 0.15) is 0 Å². The molecule has 80 valence electrons. The quantitative estimate of drug-likeness (QED) is 0.650. The first kappa shape index (κ1) is 13.2. The van der Waals surface area contributed by atoms with Crippen molar-refractivity contribution in [2.45, 2.75) is 53.9 Å². The smallest absolute Gasteiger partial charge is 0.0219 e. The number of benzene rings is 1. The minimum Gasteiger partial charge on any atom is -0.0776 e. The Kier molecular flexibility index (Phi) is 5.52. The number of hydrogen-bond donors (Lipinski definition) is 0. The maximum Gasteiger partial charge on any atom is -0.0219 e. The molecule has 1 rings (SSSR count). The molecule has 1 aromatic carbocycles. The second kappa shape index (κ2) is 5.85. The third-order valence-electron chi connectivity index (χ3n) is 2.36. The summed E-state index contributed by atoms with van der Waals surface area (Å²) in [6.45, 7) is 8.93. The summed E-state index contributed by atoms with van der Waals surface area (Å²) in [6, 6.07) is 6.94. The van der Waals surface area contributed by atoms with Gasteiger partial charge in [0.25, 0.3) is 0 Å². The molecule has 1 aromatic rings. The third kappa shape index (κ3) is 3.53. The number of rotatable bonds is 3. The zero-order valence-electron chi connectivity index (χ0n) is 9.22. The zero-order chi connectivity index (χ0) is 9.84. The van der Waals surface area contributed by atoms with Gasteiger partial charge in [-0.2, -0.15) is 0 Å². The van der Waals surface area contributed by atoms with Crippen LogP contribution in [-0.2, 0) is 6.42 Å². The predicted molar refractivity (Wildman–Crippen MR) is 66.0 cm³/mol. The normalized spacial score (nSPS) is 10.1. The molecule has 0 heterocycles. The van der Waals surface area contributed by atoms with Crippen LogP contribution in [0, 0.1) is 6.92 Å². The topological polar surface area (TPSA) is 0 Å². The molecule has 0 saturated carbocycles. The Balaban J connectivity index is 0.00000169. The fourth-order valence-corrected chi connectivity index (χ4v) is 1.66. The molecule has 0 fully saturated rings. The van der Waals surface area contributed by atoms with Gasteiger partial charge in [0.2, 0.25) is 0 Å². The van der Waals surface area contributed by atoms with E-state index in [-0.39, 0.29) is 7.43 Å². The Labute approximate surface area is 89.4 Å². The van der Waals surface area contributed by atoms with Crippen LogP contribution in [0.15, 0.2) is 18.2 Å². The fraction of sp³-hybridized carbons (Fsp3) is 0.571. The summed E-state index contributed by atoms with van der Waals surface area (Å²) >= 11 is 0. The van der Waals surface area contributed by atoms with Crippen LogP contribution in [-0.4, -0.2) is 0 Å². The molecule has 0 aliphatic heterocycles. The lowest BCUT2D eigenvalue weighted by atomic mass is 9.97. The molecule has 0 heteroatoms. The van der Waals surface area contributed by atoms with Crippen molar-refractivity contribution in [1.82, 2.24) is 0 Å². The highest BCUT2D eigenvalue weighted by molar-refractivity contribution is 5.31. The van der Waals surface area contributed by atoms with Gasteiger partial charge in [-0.05, 0) is 30.4 Å². The molecule has 0 aromatic heterocycles. The van der Waals surface area contributed by atoms with Crippen LogP contribution < -0.4 is 0 Å². The van der Waals surface area contributed by atoms with Gasteiger partial charge in [-0.3, -0.25) is 0 Å². The third-order valence-corrected chi connectivity index (χ3v) is 2.36. The summed E-state index contributed by atoms with van der Waals surface area (Å²) in [6.07, 6.45) is 2.45. The lowest BCUT2D eigenvalue weighted by Crippen LogP contribution is -1.92. The molecule has 0 saturated heterocycles. The Morgan fingerprint density at radius 2 is 1.79 bits per heavy atom. The molecule has 0 radical (unpaired) electrons. The first-order valence-corrected chi connectivity index (χ1v) is 5.24. The van der Waals surface area contributed by atoms with E-state index in [1.807, 2.05) is 0 Å². The Hall–Kier alpha value is -0.780. The van der Waals surface area contributed by atoms with E-state index < -0.39 is 0 Å². The molecule has 0 N–H and O–H groups in total. The van der Waals surface area contributed by atoms with E-state index in [0.717, 1.165) is 0 Å². The van der Waals surface area contributed by atoms with Crippen LogP contribution >= 0.6 is 0 Å². The van der Waals surface area contributed by atoms with Crippen LogP contribution in [0.25, 0.3) is 0 Å². The predicted octanol–water partition coefficient (Wildman–Crippen LogP) is 4.71. The molecule has 0 bridgehead atoms. The van der Waals surface area contributed by atoms with Crippen LogP contribution in [0.4, 0.5) is 0 Å². The van der Waals surface area contributed by atoms with Crippen molar-refractivity contribution < 1.29 is 0 Å². The maximum absolute atomic E-state index is 2.35. The SMILES string of the molecule is C.CCCc1cc(C)cc(C(C)C)c1. The van der Waals surface area contributed by atoms with Gasteiger partial charge >= 0.3 is 0 Å². The molecule has 0 nitrogen and oxygen atoms in total. The van der Waals surface area contributed by atoms with Gasteiger partial charge in [0.05, 0.1) is 0 Å². The van der Waals surface area contributed by atoms with Gasteiger partial charge in [-0.15, -0.1) is 0 Å². The molecule has 0 amide bonds. The second-order valence-electron chi connectivity index (χ2n) is 4.16. The average Bonchev–Trinajstić information content (AvgIpc) is 2.03. The minimum absolute atomic E-state index is 0. The lowest BCUT2D eigenvalue weighted by molar-refractivity contribution is 0.851. The fourth-order valence-electron chi connectivity index (χ4n) is 1.66. The molecule has 0 aliphatic carbocycles.